The summed E-state index contributed by atoms with van der Waals surface area (Å²) >= 11 is 8.51. The van der Waals surface area contributed by atoms with E-state index in [1.807, 2.05) is 68.4 Å². The summed E-state index contributed by atoms with van der Waals surface area (Å²) in [6.45, 7) is 20.0. The van der Waals surface area contributed by atoms with Gasteiger partial charge in [0.15, 0.2) is 0 Å². The molecular formula is C97H106BrClN12O20. The van der Waals surface area contributed by atoms with Gasteiger partial charge in [0, 0.05) is 114 Å². The molecule has 9 heterocycles. The first kappa shape index (κ1) is 102. The molecule has 15 rings (SSSR count). The number of alkyl halides is 1. The molecule has 131 heavy (non-hydrogen) atoms. The highest BCUT2D eigenvalue weighted by Gasteiger charge is 2.33. The van der Waals surface area contributed by atoms with Crippen LogP contribution in [0.4, 0.5) is 34.1 Å². The number of benzene rings is 6. The van der Waals surface area contributed by atoms with Gasteiger partial charge in [0.2, 0.25) is 47.2 Å². The van der Waals surface area contributed by atoms with Gasteiger partial charge in [-0.3, -0.25) is 52.7 Å². The van der Waals surface area contributed by atoms with Crippen molar-refractivity contribution in [3.63, 3.8) is 0 Å². The molecule has 6 amide bonds. The standard InChI is InChI=1S/C20H23N3O4.C20H19N3O4.C14H17NO3.C13H15NO4.C10H11NO.C9H9NO2.C7H5ClN2.C4H7BrO2/c2*1-3-26-20(25)12-23-16-5-4-6-17(15(16)7-8-19(23)24)27-18-10-14(11-21)9-13(2)22-18;1-3-18-14(17)9-15-12-6-4-5-10(2)11(12)7-8-13(15)16;1-2-18-13(17)8-14-10-4-3-5-11(15)9(10)6-7-12(14)16;1-7-3-2-4-9-8(7)5-6-10(12)11-9;11-8-3-1-2-7-6(8)4-5-9(12)10-7;1-5-2-6(4-9)3-7(8)10-5;1-2-7-4(6)3-5/h4-6,9-10H,3,7-8,11-12,21H2,1-2H3;4-6,9-10H,3,7-8,12H2,1-2H3;4-6H,3,7-9H2,1-2H3;3-5,15H,2,6-8H2,1H3;2-4H,5-6H2,1H3,(H,11,12);1-3,11H,4-5H2,(H,10,12);2-3H,1H3;2-3H2,1H3. The van der Waals surface area contributed by atoms with Crippen LogP contribution in [0, 0.1) is 57.3 Å². The van der Waals surface area contributed by atoms with Crippen molar-refractivity contribution in [3.8, 4) is 46.9 Å². The quantitative estimate of drug-likeness (QED) is 0.0217. The highest BCUT2D eigenvalue weighted by molar-refractivity contribution is 9.09. The molecule has 6 aromatic carbocycles. The van der Waals surface area contributed by atoms with E-state index in [0.717, 1.165) is 74.7 Å². The van der Waals surface area contributed by atoms with Crippen LogP contribution in [-0.4, -0.2) is 155 Å². The van der Waals surface area contributed by atoms with Gasteiger partial charge in [0.1, 0.15) is 59.7 Å². The van der Waals surface area contributed by atoms with Gasteiger partial charge in [-0.1, -0.05) is 76.1 Å². The third-order valence-corrected chi connectivity index (χ3v) is 21.0. The number of carbonyl (C=O) groups excluding carboxylic acids is 11. The Bertz CT molecular complexity index is 5560. The Morgan fingerprint density at radius 2 is 0.748 bits per heavy atom. The van der Waals surface area contributed by atoms with Gasteiger partial charge >= 0.3 is 29.8 Å². The van der Waals surface area contributed by atoms with Crippen LogP contribution in [0.3, 0.4) is 0 Å². The van der Waals surface area contributed by atoms with Gasteiger partial charge in [-0.25, -0.2) is 15.0 Å². The number of rotatable bonds is 19. The molecule has 34 heteroatoms. The maximum absolute atomic E-state index is 12.3. The van der Waals surface area contributed by atoms with Gasteiger partial charge in [-0.2, -0.15) is 10.5 Å². The van der Waals surface area contributed by atoms with E-state index in [1.54, 1.807) is 133 Å². The Morgan fingerprint density at radius 1 is 0.412 bits per heavy atom. The predicted octanol–water partition coefficient (Wildman–Crippen LogP) is 14.5. The number of aryl methyl sites for hydroxylation is 5. The number of hydrogen-bond donors (Lipinski definition) is 5. The monoisotopic (exact) mass is 1870 g/mol. The van der Waals surface area contributed by atoms with E-state index in [-0.39, 0.29) is 111 Å². The second-order valence-corrected chi connectivity index (χ2v) is 30.6. The van der Waals surface area contributed by atoms with E-state index < -0.39 is 17.9 Å². The summed E-state index contributed by atoms with van der Waals surface area (Å²) in [4.78, 5) is 146. The lowest BCUT2D eigenvalue weighted by molar-refractivity contribution is -0.143. The number of ether oxygens (including phenoxy) is 7. The Morgan fingerprint density at radius 3 is 1.18 bits per heavy atom. The minimum atomic E-state index is -0.455. The van der Waals surface area contributed by atoms with Gasteiger partial charge in [-0.05, 0) is 221 Å². The Balaban J connectivity index is 0.000000191. The largest absolute Gasteiger partial charge is 0.508 e. The highest BCUT2D eigenvalue weighted by Crippen LogP contribution is 2.40. The molecule has 0 aliphatic carbocycles. The number of esters is 5. The maximum atomic E-state index is 12.3. The first-order valence-electron chi connectivity index (χ1n) is 42.5. The molecule has 6 N–H and O–H groups in total. The zero-order valence-corrected chi connectivity index (χ0v) is 77.1. The van der Waals surface area contributed by atoms with E-state index in [4.69, 9.17) is 56.3 Å². The fraction of sp³-hybridized carbons (Fsp3) is 0.340. The van der Waals surface area contributed by atoms with Crippen molar-refractivity contribution < 1.29 is 96.1 Å². The zero-order chi connectivity index (χ0) is 95.4. The maximum Gasteiger partial charge on any atom is 0.326 e. The van der Waals surface area contributed by atoms with E-state index in [9.17, 15) is 63.0 Å². The molecule has 3 aromatic heterocycles. The summed E-state index contributed by atoms with van der Waals surface area (Å²) in [6, 6.07) is 47.0. The van der Waals surface area contributed by atoms with Crippen LogP contribution >= 0.6 is 27.5 Å². The number of nitrogens with zero attached hydrogens (tertiary/aromatic N) is 9. The van der Waals surface area contributed by atoms with Crippen LogP contribution in [0.2, 0.25) is 5.15 Å². The summed E-state index contributed by atoms with van der Waals surface area (Å²) < 4.78 is 36.1. The Hall–Kier alpha value is -14.2. The molecule has 0 bridgehead atoms. The third kappa shape index (κ3) is 30.2. The van der Waals surface area contributed by atoms with Crippen LogP contribution < -0.4 is 45.4 Å². The third-order valence-electron chi connectivity index (χ3n) is 20.3. The van der Waals surface area contributed by atoms with Crippen LogP contribution in [0.5, 0.6) is 34.8 Å². The van der Waals surface area contributed by atoms with Crippen molar-refractivity contribution in [2.45, 2.75) is 153 Å². The molecule has 0 saturated carbocycles. The molecule has 0 atom stereocenters. The number of amides is 6. The number of carbonyl (C=O) groups is 11. The van der Waals surface area contributed by atoms with Gasteiger partial charge in [0.05, 0.1) is 73.4 Å². The first-order valence-corrected chi connectivity index (χ1v) is 44.0. The lowest BCUT2D eigenvalue weighted by atomic mass is 9.97. The van der Waals surface area contributed by atoms with Crippen molar-refractivity contribution in [1.82, 2.24) is 15.0 Å². The predicted molar refractivity (Wildman–Crippen MR) is 494 cm³/mol. The number of fused-ring (bicyclic) bond motifs is 6. The number of pyridine rings is 3. The zero-order valence-electron chi connectivity index (χ0n) is 74.7. The molecule has 0 saturated heterocycles. The highest BCUT2D eigenvalue weighted by atomic mass is 79.9. The SMILES string of the molecule is CCOC(=O)CBr.CCOC(=O)CN1C(=O)CCc2c(C)cccc21.CCOC(=O)CN1C(=O)CCc2c(O)cccc21.CCOC(=O)CN1C(=O)CCc2c(Oc3cc(C#N)cc(C)n3)cccc21.CCOC(=O)CN1C(=O)CCc2c(Oc3cc(CN)cc(C)n3)cccc21.Cc1cc(C#N)cc(Cl)n1.Cc1cccc2c1CCC(=O)N2.O=C1CCc2c(O)cccc2N1. The van der Waals surface area contributed by atoms with Crippen LogP contribution in [-0.2, 0) is 121 Å². The molecule has 0 fully saturated rings. The topological polar surface area (TPSA) is 442 Å². The first-order chi connectivity index (χ1) is 62.9. The smallest absolute Gasteiger partial charge is 0.326 e. The Kier molecular flexibility index (Phi) is 39.9. The van der Waals surface area contributed by atoms with E-state index in [2.05, 4.69) is 65.3 Å². The average Bonchev–Trinajstić information content (AvgIpc) is 0.819. The normalized spacial score (nSPS) is 13.2. The Labute approximate surface area is 773 Å². The number of aromatic hydroxyl groups is 2. The lowest BCUT2D eigenvalue weighted by Gasteiger charge is -2.29. The van der Waals surface area contributed by atoms with Gasteiger partial charge in [-0.15, -0.1) is 0 Å². The molecule has 0 spiro atoms. The number of aromatic nitrogens is 3. The second kappa shape index (κ2) is 51.1. The van der Waals surface area contributed by atoms with Crippen LogP contribution in [0.25, 0.3) is 0 Å². The van der Waals surface area contributed by atoms with Crippen molar-refractivity contribution in [3.05, 3.63) is 229 Å². The minimum absolute atomic E-state index is 0.00310. The number of anilines is 6. The van der Waals surface area contributed by atoms with Crippen molar-refractivity contribution >= 4 is 127 Å². The number of phenolic OH excluding ortho intramolecular Hbond substituents is 2. The number of hydrogen-bond acceptors (Lipinski definition) is 26. The van der Waals surface area contributed by atoms with Gasteiger partial charge in [0.25, 0.3) is 0 Å². The molecule has 6 aliphatic heterocycles. The summed E-state index contributed by atoms with van der Waals surface area (Å²) in [7, 11) is 0. The molecule has 9 aromatic rings. The summed E-state index contributed by atoms with van der Waals surface area (Å²) in [5.41, 5.74) is 22.5. The van der Waals surface area contributed by atoms with Crippen LogP contribution in [0.1, 0.15) is 151 Å². The summed E-state index contributed by atoms with van der Waals surface area (Å²) in [5.74, 6) is 0.258. The minimum Gasteiger partial charge on any atom is -0.508 e. The number of halogens is 2. The fourth-order valence-corrected chi connectivity index (χ4v) is 14.9. The number of nitriles is 2. The lowest BCUT2D eigenvalue weighted by Crippen LogP contribution is -2.39. The van der Waals surface area contributed by atoms with E-state index >= 15 is 0 Å². The fourth-order valence-electron chi connectivity index (χ4n) is 14.4. The summed E-state index contributed by atoms with van der Waals surface area (Å²) in [6.07, 6.45) is 6.23. The number of phenols is 2. The average molecular weight is 1880 g/mol. The molecule has 0 unspecified atom stereocenters. The summed E-state index contributed by atoms with van der Waals surface area (Å²) in [5, 5.41) is 42.9. The van der Waals surface area contributed by atoms with Gasteiger partial charge < -0.3 is 79.3 Å². The molecule has 0 radical (unpaired) electrons. The van der Waals surface area contributed by atoms with E-state index in [1.165, 1.54) is 36.8 Å². The molecular weight excluding hydrogens is 1770 g/mol. The van der Waals surface area contributed by atoms with E-state index in [0.29, 0.717) is 151 Å². The van der Waals surface area contributed by atoms with Crippen molar-refractivity contribution in [1.29, 1.82) is 10.5 Å². The van der Waals surface area contributed by atoms with Crippen molar-refractivity contribution in [2.24, 2.45) is 5.73 Å². The molecule has 688 valence electrons. The number of nitrogens with two attached hydrogens (primary N) is 1. The van der Waals surface area contributed by atoms with Crippen molar-refractivity contribution in [2.75, 3.05) is 94.8 Å². The van der Waals surface area contributed by atoms with Crippen LogP contribution in [0.15, 0.2) is 146 Å². The number of nitrogens with one attached hydrogen (secondary N) is 2. The molecule has 32 nitrogen and oxygen atoms in total. The molecule has 6 aliphatic rings. The second-order valence-electron chi connectivity index (χ2n) is 29.7.